The molecule has 4 nitrogen and oxygen atoms in total. The normalized spacial score (nSPS) is 10.6. The van der Waals surface area contributed by atoms with Crippen molar-refractivity contribution < 1.29 is 4.79 Å². The molecule has 0 saturated heterocycles. The van der Waals surface area contributed by atoms with Crippen LogP contribution in [0.5, 0.6) is 0 Å². The second kappa shape index (κ2) is 6.25. The molecule has 0 saturated carbocycles. The molecule has 1 aromatic rings. The molecule has 4 heteroatoms. The van der Waals surface area contributed by atoms with E-state index in [-0.39, 0.29) is 5.91 Å². The van der Waals surface area contributed by atoms with Crippen molar-refractivity contribution in [3.05, 3.63) is 23.8 Å². The minimum absolute atomic E-state index is 0.00222. The summed E-state index contributed by atoms with van der Waals surface area (Å²) in [6.07, 6.45) is 0. The summed E-state index contributed by atoms with van der Waals surface area (Å²) in [4.78, 5) is 13.9. The Hall–Kier alpha value is -1.55. The molecule has 0 unspecified atom stereocenters. The highest BCUT2D eigenvalue weighted by Crippen LogP contribution is 2.17. The van der Waals surface area contributed by atoms with Gasteiger partial charge in [-0.05, 0) is 37.7 Å². The maximum absolute atomic E-state index is 11.8. The third-order valence-corrected chi connectivity index (χ3v) is 2.80. The number of anilines is 2. The Kier molecular flexibility index (Phi) is 4.97. The number of nitrogen functional groups attached to an aromatic ring is 1. The second-order valence-electron chi connectivity index (χ2n) is 4.08. The number of amides is 1. The third kappa shape index (κ3) is 4.07. The molecule has 0 bridgehead atoms. The van der Waals surface area contributed by atoms with Gasteiger partial charge in [-0.2, -0.15) is 0 Å². The molecule has 0 atom stereocenters. The standard InChI is InChI=1S/C13H21N3O/c1-4-16(5-2)9-13(17)15-12-8-11(14)7-6-10(12)3/h6-8H,4-5,9,14H2,1-3H3,(H,15,17). The summed E-state index contributed by atoms with van der Waals surface area (Å²) >= 11 is 0. The lowest BCUT2D eigenvalue weighted by Crippen LogP contribution is -2.33. The molecule has 0 aliphatic heterocycles. The van der Waals surface area contributed by atoms with Gasteiger partial charge in [0.15, 0.2) is 0 Å². The van der Waals surface area contributed by atoms with Gasteiger partial charge in [0.2, 0.25) is 5.91 Å². The Morgan fingerprint density at radius 1 is 1.35 bits per heavy atom. The number of hydrogen-bond donors (Lipinski definition) is 2. The Morgan fingerprint density at radius 2 is 2.00 bits per heavy atom. The number of carbonyl (C=O) groups is 1. The summed E-state index contributed by atoms with van der Waals surface area (Å²) in [6.45, 7) is 8.21. The van der Waals surface area contributed by atoms with Gasteiger partial charge in [-0.15, -0.1) is 0 Å². The summed E-state index contributed by atoms with van der Waals surface area (Å²) in [5, 5.41) is 2.89. The highest BCUT2D eigenvalue weighted by molar-refractivity contribution is 5.93. The van der Waals surface area contributed by atoms with Gasteiger partial charge in [0, 0.05) is 11.4 Å². The van der Waals surface area contributed by atoms with Crippen LogP contribution in [0.15, 0.2) is 18.2 Å². The molecular weight excluding hydrogens is 214 g/mol. The van der Waals surface area contributed by atoms with Crippen molar-refractivity contribution in [2.24, 2.45) is 0 Å². The minimum Gasteiger partial charge on any atom is -0.399 e. The van der Waals surface area contributed by atoms with Crippen molar-refractivity contribution in [2.45, 2.75) is 20.8 Å². The van der Waals surface area contributed by atoms with E-state index >= 15 is 0 Å². The van der Waals surface area contributed by atoms with E-state index in [1.807, 2.05) is 32.9 Å². The second-order valence-corrected chi connectivity index (χ2v) is 4.08. The van der Waals surface area contributed by atoms with Gasteiger partial charge in [-0.25, -0.2) is 0 Å². The van der Waals surface area contributed by atoms with Crippen LogP contribution < -0.4 is 11.1 Å². The van der Waals surface area contributed by atoms with E-state index in [9.17, 15) is 4.79 Å². The van der Waals surface area contributed by atoms with E-state index in [1.165, 1.54) is 0 Å². The lowest BCUT2D eigenvalue weighted by molar-refractivity contribution is -0.117. The molecule has 0 radical (unpaired) electrons. The molecule has 0 fully saturated rings. The Bertz CT molecular complexity index is 386. The third-order valence-electron chi connectivity index (χ3n) is 2.80. The van der Waals surface area contributed by atoms with Gasteiger partial charge in [0.05, 0.1) is 6.54 Å². The van der Waals surface area contributed by atoms with Crippen molar-refractivity contribution in [3.63, 3.8) is 0 Å². The van der Waals surface area contributed by atoms with Gasteiger partial charge < -0.3 is 11.1 Å². The summed E-state index contributed by atoms with van der Waals surface area (Å²) in [5.74, 6) is 0.00222. The number of nitrogens with one attached hydrogen (secondary N) is 1. The van der Waals surface area contributed by atoms with Crippen molar-refractivity contribution in [1.82, 2.24) is 4.90 Å². The monoisotopic (exact) mass is 235 g/mol. The van der Waals surface area contributed by atoms with E-state index in [0.717, 1.165) is 24.3 Å². The van der Waals surface area contributed by atoms with Gasteiger partial charge >= 0.3 is 0 Å². The van der Waals surface area contributed by atoms with Crippen LogP contribution in [-0.2, 0) is 4.79 Å². The number of carbonyl (C=O) groups excluding carboxylic acids is 1. The first-order valence-electron chi connectivity index (χ1n) is 5.95. The molecule has 1 rings (SSSR count). The van der Waals surface area contributed by atoms with Gasteiger partial charge in [0.1, 0.15) is 0 Å². The molecule has 94 valence electrons. The molecular formula is C13H21N3O. The Labute approximate surface area is 103 Å². The zero-order valence-electron chi connectivity index (χ0n) is 10.8. The highest BCUT2D eigenvalue weighted by atomic mass is 16.2. The average Bonchev–Trinajstić information content (AvgIpc) is 2.31. The maximum Gasteiger partial charge on any atom is 0.238 e. The van der Waals surface area contributed by atoms with Gasteiger partial charge in [0.25, 0.3) is 0 Å². The molecule has 17 heavy (non-hydrogen) atoms. The van der Waals surface area contributed by atoms with Crippen LogP contribution in [0.25, 0.3) is 0 Å². The molecule has 0 heterocycles. The number of nitrogens with zero attached hydrogens (tertiary/aromatic N) is 1. The van der Waals surface area contributed by atoms with E-state index < -0.39 is 0 Å². The van der Waals surface area contributed by atoms with Crippen LogP contribution in [0.1, 0.15) is 19.4 Å². The highest BCUT2D eigenvalue weighted by Gasteiger charge is 2.08. The Balaban J connectivity index is 2.64. The van der Waals surface area contributed by atoms with Crippen LogP contribution in [0, 0.1) is 6.92 Å². The van der Waals surface area contributed by atoms with Crippen LogP contribution in [0.4, 0.5) is 11.4 Å². The average molecular weight is 235 g/mol. The predicted molar refractivity (Wildman–Crippen MR) is 72.0 cm³/mol. The first kappa shape index (κ1) is 13.5. The SMILES string of the molecule is CCN(CC)CC(=O)Nc1cc(N)ccc1C. The number of nitrogens with two attached hydrogens (primary N) is 1. The van der Waals surface area contributed by atoms with Gasteiger partial charge in [-0.1, -0.05) is 19.9 Å². The fourth-order valence-electron chi connectivity index (χ4n) is 1.61. The fraction of sp³-hybridized carbons (Fsp3) is 0.462. The van der Waals surface area contributed by atoms with E-state index in [1.54, 1.807) is 6.07 Å². The van der Waals surface area contributed by atoms with Crippen molar-refractivity contribution >= 4 is 17.3 Å². The van der Waals surface area contributed by atoms with Crippen LogP contribution in [-0.4, -0.2) is 30.4 Å². The van der Waals surface area contributed by atoms with E-state index in [2.05, 4.69) is 10.2 Å². The van der Waals surface area contributed by atoms with Crippen LogP contribution >= 0.6 is 0 Å². The zero-order chi connectivity index (χ0) is 12.8. The quantitative estimate of drug-likeness (QED) is 0.766. The minimum atomic E-state index is 0.00222. The van der Waals surface area contributed by atoms with Gasteiger partial charge in [-0.3, -0.25) is 9.69 Å². The van der Waals surface area contributed by atoms with E-state index in [0.29, 0.717) is 12.2 Å². The first-order valence-corrected chi connectivity index (χ1v) is 5.95. The summed E-state index contributed by atoms with van der Waals surface area (Å²) in [6, 6.07) is 5.52. The maximum atomic E-state index is 11.8. The Morgan fingerprint density at radius 3 is 2.59 bits per heavy atom. The number of likely N-dealkylation sites (N-methyl/N-ethyl adjacent to an activating group) is 1. The number of hydrogen-bond acceptors (Lipinski definition) is 3. The van der Waals surface area contributed by atoms with Crippen molar-refractivity contribution in [3.8, 4) is 0 Å². The lowest BCUT2D eigenvalue weighted by atomic mass is 10.2. The molecule has 0 aromatic heterocycles. The molecule has 0 spiro atoms. The summed E-state index contributed by atoms with van der Waals surface area (Å²) in [7, 11) is 0. The topological polar surface area (TPSA) is 58.4 Å². The molecule has 1 aromatic carbocycles. The van der Waals surface area contributed by atoms with Crippen LogP contribution in [0.3, 0.4) is 0 Å². The van der Waals surface area contributed by atoms with Crippen LogP contribution in [0.2, 0.25) is 0 Å². The first-order chi connectivity index (χ1) is 8.06. The summed E-state index contributed by atoms with van der Waals surface area (Å²) < 4.78 is 0. The summed E-state index contributed by atoms with van der Waals surface area (Å²) in [5.41, 5.74) is 8.17. The molecule has 3 N–H and O–H groups in total. The predicted octanol–water partition coefficient (Wildman–Crippen LogP) is 1.86. The number of rotatable bonds is 5. The molecule has 0 aliphatic carbocycles. The van der Waals surface area contributed by atoms with Crippen molar-refractivity contribution in [2.75, 3.05) is 30.7 Å². The molecule has 1 amide bonds. The smallest absolute Gasteiger partial charge is 0.238 e. The van der Waals surface area contributed by atoms with E-state index in [4.69, 9.17) is 5.73 Å². The number of aryl methyl sites for hydroxylation is 1. The largest absolute Gasteiger partial charge is 0.399 e. The van der Waals surface area contributed by atoms with Crippen molar-refractivity contribution in [1.29, 1.82) is 0 Å². The number of benzene rings is 1. The lowest BCUT2D eigenvalue weighted by Gasteiger charge is -2.17. The fourth-order valence-corrected chi connectivity index (χ4v) is 1.61. The zero-order valence-corrected chi connectivity index (χ0v) is 10.8. The molecule has 0 aliphatic rings.